The highest BCUT2D eigenvalue weighted by atomic mass is 32.1. The summed E-state index contributed by atoms with van der Waals surface area (Å²) in [5.74, 6) is -0.442. The number of carbonyl (C=O) groups is 2. The molecule has 166 valence electrons. The third-order valence-electron chi connectivity index (χ3n) is 5.91. The zero-order chi connectivity index (χ0) is 22.3. The second-order valence-electron chi connectivity index (χ2n) is 8.37. The summed E-state index contributed by atoms with van der Waals surface area (Å²) in [7, 11) is 0. The second kappa shape index (κ2) is 10.5. The van der Waals surface area contributed by atoms with Gasteiger partial charge in [-0.1, -0.05) is 83.9 Å². The van der Waals surface area contributed by atoms with Crippen molar-refractivity contribution in [2.45, 2.75) is 57.7 Å². The van der Waals surface area contributed by atoms with E-state index in [9.17, 15) is 9.59 Å². The highest BCUT2D eigenvalue weighted by Crippen LogP contribution is 2.27. The maximum atomic E-state index is 13.7. The van der Waals surface area contributed by atoms with Gasteiger partial charge in [-0.25, -0.2) is 0 Å². The van der Waals surface area contributed by atoms with Gasteiger partial charge < -0.3 is 10.2 Å². The summed E-state index contributed by atoms with van der Waals surface area (Å²) in [5.41, 5.74) is 3.05. The molecule has 1 N–H and O–H groups in total. The summed E-state index contributed by atoms with van der Waals surface area (Å²) in [5, 5.41) is 8.86. The molecule has 1 aliphatic carbocycles. The van der Waals surface area contributed by atoms with Gasteiger partial charge in [-0.2, -0.15) is 0 Å². The summed E-state index contributed by atoms with van der Waals surface area (Å²) in [6.07, 6.45) is 5.42. The van der Waals surface area contributed by atoms with Crippen molar-refractivity contribution in [1.82, 2.24) is 19.8 Å². The highest BCUT2D eigenvalue weighted by Gasteiger charge is 2.34. The molecule has 0 spiro atoms. The van der Waals surface area contributed by atoms with E-state index >= 15 is 0 Å². The van der Waals surface area contributed by atoms with Crippen molar-refractivity contribution < 1.29 is 9.59 Å². The molecule has 0 radical (unpaired) electrons. The van der Waals surface area contributed by atoms with E-state index in [0.717, 1.165) is 53.9 Å². The van der Waals surface area contributed by atoms with Crippen molar-refractivity contribution in [3.63, 3.8) is 0 Å². The summed E-state index contributed by atoms with van der Waals surface area (Å²) >= 11 is 1.13. The lowest BCUT2D eigenvalue weighted by atomic mass is 9.94. The number of hydrogen-bond acceptors (Lipinski definition) is 5. The lowest BCUT2D eigenvalue weighted by molar-refractivity contribution is -0.127. The van der Waals surface area contributed by atoms with Gasteiger partial charge in [0.15, 0.2) is 5.69 Å². The number of amides is 2. The number of carbonyl (C=O) groups excluding carboxylic acids is 2. The van der Waals surface area contributed by atoms with Crippen LogP contribution >= 0.6 is 11.5 Å². The number of nitrogens with one attached hydrogen (secondary N) is 1. The van der Waals surface area contributed by atoms with Crippen LogP contribution in [-0.4, -0.2) is 32.3 Å². The molecule has 6 nitrogen and oxygen atoms in total. The van der Waals surface area contributed by atoms with Crippen molar-refractivity contribution in [1.29, 1.82) is 0 Å². The Kier molecular flexibility index (Phi) is 7.27. The first-order valence-corrected chi connectivity index (χ1v) is 11.9. The van der Waals surface area contributed by atoms with E-state index in [4.69, 9.17) is 0 Å². The minimum absolute atomic E-state index is 0.144. The quantitative estimate of drug-likeness (QED) is 0.569. The van der Waals surface area contributed by atoms with Crippen molar-refractivity contribution in [2.24, 2.45) is 0 Å². The fraction of sp³-hybridized carbons (Fsp3) is 0.360. The minimum Gasteiger partial charge on any atom is -0.351 e. The van der Waals surface area contributed by atoms with E-state index < -0.39 is 6.04 Å². The van der Waals surface area contributed by atoms with Crippen LogP contribution in [0.15, 0.2) is 60.0 Å². The number of nitrogens with zero attached hydrogens (tertiary/aromatic N) is 3. The molecule has 2 aromatic carbocycles. The fourth-order valence-corrected chi connectivity index (χ4v) is 4.74. The first-order chi connectivity index (χ1) is 15.6. The van der Waals surface area contributed by atoms with Crippen LogP contribution in [0.4, 0.5) is 0 Å². The molecule has 32 heavy (non-hydrogen) atoms. The second-order valence-corrected chi connectivity index (χ2v) is 8.98. The Bertz CT molecular complexity index is 1030. The smallest absolute Gasteiger partial charge is 0.276 e. The van der Waals surface area contributed by atoms with Gasteiger partial charge in [0.05, 0.1) is 0 Å². The van der Waals surface area contributed by atoms with Crippen LogP contribution in [-0.2, 0) is 11.3 Å². The predicted octanol–water partition coefficient (Wildman–Crippen LogP) is 4.68. The van der Waals surface area contributed by atoms with E-state index in [1.807, 2.05) is 61.5 Å². The summed E-state index contributed by atoms with van der Waals surface area (Å²) < 4.78 is 3.86. The van der Waals surface area contributed by atoms with E-state index in [0.29, 0.717) is 6.54 Å². The molecular weight excluding hydrogens is 420 g/mol. The monoisotopic (exact) mass is 448 g/mol. The Morgan fingerprint density at radius 2 is 1.88 bits per heavy atom. The molecule has 7 heteroatoms. The van der Waals surface area contributed by atoms with Gasteiger partial charge in [0.25, 0.3) is 5.91 Å². The first-order valence-electron chi connectivity index (χ1n) is 11.1. The third-order valence-corrected chi connectivity index (χ3v) is 6.41. The Hall–Kier alpha value is -3.06. The molecule has 0 bridgehead atoms. The largest absolute Gasteiger partial charge is 0.351 e. The zero-order valence-electron chi connectivity index (χ0n) is 18.2. The van der Waals surface area contributed by atoms with Gasteiger partial charge in [-0.15, -0.1) is 5.10 Å². The highest BCUT2D eigenvalue weighted by molar-refractivity contribution is 7.03. The van der Waals surface area contributed by atoms with E-state index in [1.54, 1.807) is 10.3 Å². The number of aryl methyl sites for hydroxylation is 1. The molecule has 0 saturated heterocycles. The molecule has 1 aromatic heterocycles. The van der Waals surface area contributed by atoms with Crippen LogP contribution in [0, 0.1) is 6.92 Å². The maximum Gasteiger partial charge on any atom is 0.276 e. The van der Waals surface area contributed by atoms with Crippen LogP contribution in [0.3, 0.4) is 0 Å². The predicted molar refractivity (Wildman–Crippen MR) is 125 cm³/mol. The average molecular weight is 449 g/mol. The summed E-state index contributed by atoms with van der Waals surface area (Å²) in [6.45, 7) is 2.29. The summed E-state index contributed by atoms with van der Waals surface area (Å²) in [4.78, 5) is 28.9. The summed E-state index contributed by atoms with van der Waals surface area (Å²) in [6, 6.07) is 17.0. The Morgan fingerprint density at radius 3 is 2.56 bits per heavy atom. The fourth-order valence-electron chi connectivity index (χ4n) is 4.31. The molecule has 1 heterocycles. The number of rotatable bonds is 7. The normalized spacial score (nSPS) is 15.2. The van der Waals surface area contributed by atoms with Crippen LogP contribution < -0.4 is 5.32 Å². The van der Waals surface area contributed by atoms with Gasteiger partial charge in [0.2, 0.25) is 5.91 Å². The number of benzene rings is 2. The topological polar surface area (TPSA) is 75.2 Å². The molecule has 1 fully saturated rings. The third kappa shape index (κ3) is 5.40. The maximum absolute atomic E-state index is 13.7. The van der Waals surface area contributed by atoms with Gasteiger partial charge in [-0.3, -0.25) is 9.59 Å². The van der Waals surface area contributed by atoms with Crippen LogP contribution in [0.5, 0.6) is 0 Å². The van der Waals surface area contributed by atoms with E-state index in [1.165, 1.54) is 6.42 Å². The van der Waals surface area contributed by atoms with Crippen molar-refractivity contribution in [2.75, 3.05) is 0 Å². The van der Waals surface area contributed by atoms with E-state index in [2.05, 4.69) is 14.9 Å². The lowest BCUT2D eigenvalue weighted by Gasteiger charge is -2.33. The first kappa shape index (κ1) is 22.1. The SMILES string of the molecule is Cc1cccc(C(C(=O)NC2CCCCC2)N(Cc2ccccc2)C(=O)c2csnn2)c1. The molecule has 1 saturated carbocycles. The Labute approximate surface area is 192 Å². The van der Waals surface area contributed by atoms with Gasteiger partial charge >= 0.3 is 0 Å². The number of aromatic nitrogens is 2. The molecule has 4 rings (SSSR count). The van der Waals surface area contributed by atoms with Crippen molar-refractivity contribution in [3.8, 4) is 0 Å². The zero-order valence-corrected chi connectivity index (χ0v) is 19.1. The molecular formula is C25H28N4O2S. The van der Waals surface area contributed by atoms with Crippen LogP contribution in [0.1, 0.15) is 65.3 Å². The molecule has 1 aliphatic rings. The molecule has 3 aromatic rings. The standard InChI is InChI=1S/C25H28N4O2S/c1-18-9-8-12-20(15-18)23(24(30)26-21-13-6-3-7-14-21)29(16-19-10-4-2-5-11-19)25(31)22-17-32-28-27-22/h2,4-5,8-12,15,17,21,23H,3,6-7,13-14,16H2,1H3,(H,26,30). The molecule has 1 unspecified atom stereocenters. The lowest BCUT2D eigenvalue weighted by Crippen LogP contribution is -2.47. The van der Waals surface area contributed by atoms with Crippen LogP contribution in [0.25, 0.3) is 0 Å². The van der Waals surface area contributed by atoms with Crippen LogP contribution in [0.2, 0.25) is 0 Å². The molecule has 0 aliphatic heterocycles. The van der Waals surface area contributed by atoms with Crippen molar-refractivity contribution in [3.05, 3.63) is 82.4 Å². The Morgan fingerprint density at radius 1 is 1.09 bits per heavy atom. The number of hydrogen-bond donors (Lipinski definition) is 1. The van der Waals surface area contributed by atoms with Gasteiger partial charge in [0, 0.05) is 18.0 Å². The molecule has 1 atom stereocenters. The van der Waals surface area contributed by atoms with Crippen molar-refractivity contribution >= 4 is 23.3 Å². The molecule has 2 amide bonds. The average Bonchev–Trinajstić information content (AvgIpc) is 3.35. The van der Waals surface area contributed by atoms with E-state index in [-0.39, 0.29) is 23.6 Å². The van der Waals surface area contributed by atoms with Gasteiger partial charge in [0.1, 0.15) is 6.04 Å². The van der Waals surface area contributed by atoms with Gasteiger partial charge in [-0.05, 0) is 42.4 Å². The minimum atomic E-state index is -0.758. The Balaban J connectivity index is 1.72.